The SMILES string of the molecule is Cc1cc(Br)c(Nc2nc(N/N=C/c3cc4c(cc3Br)OCO4)nc(N3CCOCC3)n2)cc1Cl. The topological polar surface area (TPSA) is 106 Å². The Morgan fingerprint density at radius 3 is 2.54 bits per heavy atom. The number of aryl methyl sites for hydroxylation is 1. The average molecular weight is 626 g/mol. The summed E-state index contributed by atoms with van der Waals surface area (Å²) >= 11 is 13.4. The number of hydrogen-bond acceptors (Lipinski definition) is 10. The standard InChI is InChI=1S/C22H20Br2ClN7O3/c1-12-6-15(24)17(9-16(12)25)27-20-28-21(30-22(29-20)32-2-4-33-5-3-32)31-26-10-13-7-18-19(8-14(13)23)35-11-34-18/h6-10H,2-5,11H2,1H3,(H2,27,28,29,30,31)/b26-10+. The van der Waals surface area contributed by atoms with Gasteiger partial charge in [-0.25, -0.2) is 5.43 Å². The first-order valence-corrected chi connectivity index (χ1v) is 12.6. The van der Waals surface area contributed by atoms with Gasteiger partial charge in [-0.2, -0.15) is 20.1 Å². The van der Waals surface area contributed by atoms with Gasteiger partial charge in [-0.1, -0.05) is 11.6 Å². The maximum Gasteiger partial charge on any atom is 0.250 e. The van der Waals surface area contributed by atoms with Gasteiger partial charge in [0.15, 0.2) is 11.5 Å². The summed E-state index contributed by atoms with van der Waals surface area (Å²) in [6, 6.07) is 7.44. The van der Waals surface area contributed by atoms with Crippen LogP contribution in [0.2, 0.25) is 5.02 Å². The van der Waals surface area contributed by atoms with Crippen molar-refractivity contribution in [1.82, 2.24) is 15.0 Å². The summed E-state index contributed by atoms with van der Waals surface area (Å²) in [5.41, 5.74) is 5.41. The molecule has 2 aliphatic rings. The fourth-order valence-electron chi connectivity index (χ4n) is 3.43. The summed E-state index contributed by atoms with van der Waals surface area (Å²) in [6.07, 6.45) is 1.65. The summed E-state index contributed by atoms with van der Waals surface area (Å²) in [4.78, 5) is 15.7. The molecule has 0 amide bonds. The highest BCUT2D eigenvalue weighted by Gasteiger charge is 2.18. The van der Waals surface area contributed by atoms with Gasteiger partial charge < -0.3 is 24.4 Å². The minimum Gasteiger partial charge on any atom is -0.454 e. The Kier molecular flexibility index (Phi) is 7.23. The van der Waals surface area contributed by atoms with E-state index in [9.17, 15) is 0 Å². The van der Waals surface area contributed by atoms with Gasteiger partial charge in [0.1, 0.15) is 0 Å². The minimum atomic E-state index is 0.202. The lowest BCUT2D eigenvalue weighted by Gasteiger charge is -2.27. The number of anilines is 4. The molecule has 0 saturated carbocycles. The summed E-state index contributed by atoms with van der Waals surface area (Å²) < 4.78 is 18.0. The van der Waals surface area contributed by atoms with Gasteiger partial charge in [0.2, 0.25) is 24.6 Å². The molecule has 2 aliphatic heterocycles. The number of fused-ring (bicyclic) bond motifs is 1. The van der Waals surface area contributed by atoms with Gasteiger partial charge in [-0.05, 0) is 68.6 Å². The number of halogens is 3. The lowest BCUT2D eigenvalue weighted by Crippen LogP contribution is -2.37. The van der Waals surface area contributed by atoms with Crippen LogP contribution in [0.3, 0.4) is 0 Å². The van der Waals surface area contributed by atoms with Crippen molar-refractivity contribution in [2.45, 2.75) is 6.92 Å². The van der Waals surface area contributed by atoms with Crippen LogP contribution in [0.4, 0.5) is 23.5 Å². The van der Waals surface area contributed by atoms with E-state index in [0.29, 0.717) is 54.7 Å². The second-order valence-corrected chi connectivity index (χ2v) is 9.80. The average Bonchev–Trinajstić information content (AvgIpc) is 3.30. The monoisotopic (exact) mass is 623 g/mol. The molecule has 2 aromatic carbocycles. The van der Waals surface area contributed by atoms with Crippen LogP contribution in [-0.2, 0) is 4.74 Å². The first-order valence-electron chi connectivity index (χ1n) is 10.7. The molecule has 0 radical (unpaired) electrons. The first kappa shape index (κ1) is 24.0. The molecule has 10 nitrogen and oxygen atoms in total. The number of hydrazone groups is 1. The van der Waals surface area contributed by atoms with E-state index in [1.807, 2.05) is 36.1 Å². The Bertz CT molecular complexity index is 1290. The molecule has 1 saturated heterocycles. The quantitative estimate of drug-likeness (QED) is 0.286. The van der Waals surface area contributed by atoms with E-state index in [4.69, 9.17) is 25.8 Å². The number of ether oxygens (including phenoxy) is 3. The predicted octanol–water partition coefficient (Wildman–Crippen LogP) is 5.11. The van der Waals surface area contributed by atoms with Crippen molar-refractivity contribution < 1.29 is 14.2 Å². The van der Waals surface area contributed by atoms with Gasteiger partial charge in [-0.15, -0.1) is 0 Å². The van der Waals surface area contributed by atoms with Crippen molar-refractivity contribution in [3.63, 3.8) is 0 Å². The fourth-order valence-corrected chi connectivity index (χ4v) is 4.57. The molecule has 182 valence electrons. The van der Waals surface area contributed by atoms with Crippen LogP contribution in [0.25, 0.3) is 0 Å². The molecule has 3 heterocycles. The summed E-state index contributed by atoms with van der Waals surface area (Å²) in [5, 5.41) is 8.18. The Hall–Kier alpha value is -2.67. The highest BCUT2D eigenvalue weighted by molar-refractivity contribution is 9.11. The van der Waals surface area contributed by atoms with E-state index in [-0.39, 0.29) is 12.7 Å². The summed E-state index contributed by atoms with van der Waals surface area (Å²) in [5.74, 6) is 2.50. The van der Waals surface area contributed by atoms with Crippen molar-refractivity contribution in [3.05, 3.63) is 49.4 Å². The Morgan fingerprint density at radius 2 is 1.74 bits per heavy atom. The highest BCUT2D eigenvalue weighted by Crippen LogP contribution is 2.36. The number of benzene rings is 2. The molecule has 5 rings (SSSR count). The molecule has 2 N–H and O–H groups in total. The summed E-state index contributed by atoms with van der Waals surface area (Å²) in [6.45, 7) is 4.70. The molecule has 1 fully saturated rings. The third-order valence-electron chi connectivity index (χ3n) is 5.27. The van der Waals surface area contributed by atoms with Crippen molar-refractivity contribution in [1.29, 1.82) is 0 Å². The van der Waals surface area contributed by atoms with Crippen LogP contribution in [-0.4, -0.2) is 54.3 Å². The number of morpholine rings is 1. The van der Waals surface area contributed by atoms with Crippen LogP contribution in [0.15, 0.2) is 38.3 Å². The van der Waals surface area contributed by atoms with E-state index in [2.05, 4.69) is 62.7 Å². The van der Waals surface area contributed by atoms with Crippen molar-refractivity contribution in [2.24, 2.45) is 5.10 Å². The van der Waals surface area contributed by atoms with Crippen molar-refractivity contribution >= 4 is 73.2 Å². The number of nitrogens with one attached hydrogen (secondary N) is 2. The second-order valence-electron chi connectivity index (χ2n) is 7.69. The van der Waals surface area contributed by atoms with Crippen LogP contribution < -0.4 is 25.1 Å². The van der Waals surface area contributed by atoms with Crippen LogP contribution >= 0.6 is 43.5 Å². The number of aromatic nitrogens is 3. The zero-order valence-electron chi connectivity index (χ0n) is 18.5. The minimum absolute atomic E-state index is 0.202. The second kappa shape index (κ2) is 10.5. The van der Waals surface area contributed by atoms with Gasteiger partial charge in [0, 0.05) is 32.6 Å². The molecule has 13 heteroatoms. The van der Waals surface area contributed by atoms with Crippen LogP contribution in [0.5, 0.6) is 11.5 Å². The Morgan fingerprint density at radius 1 is 1.00 bits per heavy atom. The number of hydrogen-bond donors (Lipinski definition) is 2. The lowest BCUT2D eigenvalue weighted by atomic mass is 10.2. The fraction of sp³-hybridized carbons (Fsp3) is 0.273. The third-order valence-corrected chi connectivity index (χ3v) is 7.02. The van der Waals surface area contributed by atoms with Crippen molar-refractivity contribution in [2.75, 3.05) is 48.7 Å². The molecule has 0 aliphatic carbocycles. The normalized spacial score (nSPS) is 15.0. The Balaban J connectivity index is 1.41. The van der Waals surface area contributed by atoms with E-state index in [1.165, 1.54) is 0 Å². The number of nitrogens with zero attached hydrogens (tertiary/aromatic N) is 5. The maximum absolute atomic E-state index is 6.32. The molecule has 0 bridgehead atoms. The molecule has 1 aromatic heterocycles. The molecular formula is C22H20Br2ClN7O3. The molecular weight excluding hydrogens is 606 g/mol. The van der Waals surface area contributed by atoms with Crippen LogP contribution in [0.1, 0.15) is 11.1 Å². The summed E-state index contributed by atoms with van der Waals surface area (Å²) in [7, 11) is 0. The van der Waals surface area contributed by atoms with Gasteiger partial charge >= 0.3 is 0 Å². The van der Waals surface area contributed by atoms with Gasteiger partial charge in [0.05, 0.1) is 25.1 Å². The zero-order chi connectivity index (χ0) is 24.4. The van der Waals surface area contributed by atoms with Crippen LogP contribution in [0, 0.1) is 6.92 Å². The van der Waals surface area contributed by atoms with E-state index >= 15 is 0 Å². The molecule has 3 aromatic rings. The number of rotatable bonds is 6. The lowest BCUT2D eigenvalue weighted by molar-refractivity contribution is 0.122. The third kappa shape index (κ3) is 5.61. The van der Waals surface area contributed by atoms with E-state index in [1.54, 1.807) is 6.21 Å². The van der Waals surface area contributed by atoms with Gasteiger partial charge in [0.25, 0.3) is 0 Å². The Labute approximate surface area is 223 Å². The molecule has 0 atom stereocenters. The molecule has 35 heavy (non-hydrogen) atoms. The van der Waals surface area contributed by atoms with E-state index < -0.39 is 0 Å². The zero-order valence-corrected chi connectivity index (χ0v) is 22.4. The predicted molar refractivity (Wildman–Crippen MR) is 142 cm³/mol. The van der Waals surface area contributed by atoms with E-state index in [0.717, 1.165) is 25.8 Å². The van der Waals surface area contributed by atoms with Gasteiger partial charge in [-0.3, -0.25) is 0 Å². The molecule has 0 unspecified atom stereocenters. The first-order chi connectivity index (χ1) is 17.0. The largest absolute Gasteiger partial charge is 0.454 e. The smallest absolute Gasteiger partial charge is 0.250 e. The van der Waals surface area contributed by atoms with Crippen molar-refractivity contribution in [3.8, 4) is 11.5 Å². The maximum atomic E-state index is 6.32. The molecule has 0 spiro atoms. The highest BCUT2D eigenvalue weighted by atomic mass is 79.9.